The highest BCUT2D eigenvalue weighted by Crippen LogP contribution is 2.12. The molecule has 1 aromatic carbocycles. The number of nitrogens with one attached hydrogen (secondary N) is 3. The summed E-state index contributed by atoms with van der Waals surface area (Å²) in [5, 5.41) is 8.35. The Labute approximate surface area is 211 Å². The van der Waals surface area contributed by atoms with E-state index >= 15 is 0 Å². The number of rotatable bonds is 10. The van der Waals surface area contributed by atoms with E-state index in [1.54, 1.807) is 20.8 Å². The van der Waals surface area contributed by atoms with Crippen molar-refractivity contribution in [1.82, 2.24) is 20.9 Å². The largest absolute Gasteiger partial charge is 0.345 e. The highest BCUT2D eigenvalue weighted by molar-refractivity contribution is 6.38. The molecule has 188 valence electrons. The van der Waals surface area contributed by atoms with Crippen molar-refractivity contribution >= 4 is 35.1 Å². The lowest BCUT2D eigenvalue weighted by molar-refractivity contribution is -0.141. The van der Waals surface area contributed by atoms with Gasteiger partial charge in [-0.15, -0.1) is 0 Å². The van der Waals surface area contributed by atoms with Gasteiger partial charge in [0.05, 0.1) is 10.6 Å². The molecular weight excluding hydrogens is 468 g/mol. The third-order valence-electron chi connectivity index (χ3n) is 4.92. The first-order valence-electron chi connectivity index (χ1n) is 11.5. The summed E-state index contributed by atoms with van der Waals surface area (Å²) in [6.45, 7) is 9.12. The van der Waals surface area contributed by atoms with Gasteiger partial charge in [0.15, 0.2) is 0 Å². The molecule has 1 aromatic heterocycles. The first kappa shape index (κ1) is 28.0. The predicted octanol–water partition coefficient (Wildman–Crippen LogP) is 3.09. The van der Waals surface area contributed by atoms with E-state index in [1.165, 1.54) is 18.5 Å². The van der Waals surface area contributed by atoms with Gasteiger partial charge in [-0.1, -0.05) is 55.8 Å². The molecule has 9 heteroatoms. The minimum absolute atomic E-state index is 0.0657. The van der Waals surface area contributed by atoms with Crippen molar-refractivity contribution < 1.29 is 19.2 Å². The van der Waals surface area contributed by atoms with Crippen molar-refractivity contribution in [3.63, 3.8) is 0 Å². The number of halogens is 1. The molecule has 2 rings (SSSR count). The van der Waals surface area contributed by atoms with Crippen LogP contribution in [0.1, 0.15) is 57.0 Å². The zero-order chi connectivity index (χ0) is 26.2. The normalized spacial score (nSPS) is 13.0. The molecule has 3 N–H and O–H groups in total. The number of carbonyl (C=O) groups is 4. The second-order valence-electron chi connectivity index (χ2n) is 9.87. The van der Waals surface area contributed by atoms with Crippen molar-refractivity contribution in [3.05, 3.63) is 64.9 Å². The van der Waals surface area contributed by atoms with Crippen molar-refractivity contribution in [1.29, 1.82) is 0 Å². The molecule has 3 amide bonds. The van der Waals surface area contributed by atoms with E-state index in [0.29, 0.717) is 11.4 Å². The molecule has 1 heterocycles. The van der Waals surface area contributed by atoms with E-state index < -0.39 is 41.1 Å². The zero-order valence-corrected chi connectivity index (χ0v) is 21.5. The Kier molecular flexibility index (Phi) is 9.95. The SMILES string of the molecule is CC(C)C[C@H](NC(=O)c1cncc(Cl)c1)C(=O)NC(Cc1ccccc1)C(=O)C(=O)NC(C)(C)C. The second-order valence-corrected chi connectivity index (χ2v) is 10.3. The first-order valence-corrected chi connectivity index (χ1v) is 11.9. The number of pyridine rings is 1. The van der Waals surface area contributed by atoms with Gasteiger partial charge in [-0.05, 0) is 44.7 Å². The molecule has 2 atom stereocenters. The van der Waals surface area contributed by atoms with Crippen LogP contribution in [-0.4, -0.2) is 46.1 Å². The van der Waals surface area contributed by atoms with Crippen molar-refractivity contribution in [2.45, 2.75) is 65.1 Å². The molecule has 1 unspecified atom stereocenters. The van der Waals surface area contributed by atoms with Crippen molar-refractivity contribution in [2.24, 2.45) is 5.92 Å². The summed E-state index contributed by atoms with van der Waals surface area (Å²) in [5.74, 6) is -2.55. The Balaban J connectivity index is 2.25. The molecular formula is C26H33ClN4O4. The second kappa shape index (κ2) is 12.4. The maximum atomic E-state index is 13.3. The Hall–Kier alpha value is -3.26. The maximum Gasteiger partial charge on any atom is 0.290 e. The Morgan fingerprint density at radius 1 is 0.971 bits per heavy atom. The number of benzene rings is 1. The number of Topliss-reactive ketones (excluding diaryl/α,β-unsaturated/α-hetero) is 1. The van der Waals surface area contributed by atoms with Crippen LogP contribution in [0, 0.1) is 5.92 Å². The fourth-order valence-electron chi connectivity index (χ4n) is 3.37. The van der Waals surface area contributed by atoms with Crippen LogP contribution in [-0.2, 0) is 20.8 Å². The van der Waals surface area contributed by atoms with Gasteiger partial charge in [0.25, 0.3) is 11.8 Å². The Morgan fingerprint density at radius 2 is 1.63 bits per heavy atom. The first-order chi connectivity index (χ1) is 16.4. The number of hydrogen-bond acceptors (Lipinski definition) is 5. The number of aromatic nitrogens is 1. The summed E-state index contributed by atoms with van der Waals surface area (Å²) in [4.78, 5) is 55.6. The maximum absolute atomic E-state index is 13.3. The number of amides is 3. The van der Waals surface area contributed by atoms with Crippen LogP contribution in [0.15, 0.2) is 48.8 Å². The van der Waals surface area contributed by atoms with Crippen LogP contribution in [0.2, 0.25) is 5.02 Å². The molecule has 0 saturated heterocycles. The van der Waals surface area contributed by atoms with Gasteiger partial charge in [0.2, 0.25) is 11.7 Å². The van der Waals surface area contributed by atoms with E-state index in [0.717, 1.165) is 5.56 Å². The molecule has 0 aliphatic heterocycles. The molecule has 8 nitrogen and oxygen atoms in total. The molecule has 0 saturated carbocycles. The average Bonchev–Trinajstić information content (AvgIpc) is 2.76. The van der Waals surface area contributed by atoms with Gasteiger partial charge in [-0.3, -0.25) is 24.2 Å². The van der Waals surface area contributed by atoms with Crippen LogP contribution in [0.25, 0.3) is 0 Å². The van der Waals surface area contributed by atoms with E-state index in [-0.39, 0.29) is 17.9 Å². The summed E-state index contributed by atoms with van der Waals surface area (Å²) < 4.78 is 0. The number of nitrogens with zero attached hydrogens (tertiary/aromatic N) is 1. The molecule has 0 aliphatic rings. The lowest BCUT2D eigenvalue weighted by atomic mass is 9.98. The number of ketones is 1. The minimum atomic E-state index is -1.10. The Morgan fingerprint density at radius 3 is 2.20 bits per heavy atom. The van der Waals surface area contributed by atoms with Crippen LogP contribution in [0.4, 0.5) is 0 Å². The summed E-state index contributed by atoms with van der Waals surface area (Å²) in [6.07, 6.45) is 3.21. The van der Waals surface area contributed by atoms with Crippen LogP contribution >= 0.6 is 11.6 Å². The summed E-state index contributed by atoms with van der Waals surface area (Å²) in [7, 11) is 0. The van der Waals surface area contributed by atoms with Crippen LogP contribution < -0.4 is 16.0 Å². The fourth-order valence-corrected chi connectivity index (χ4v) is 3.55. The summed E-state index contributed by atoms with van der Waals surface area (Å²) in [6, 6.07) is 8.51. The molecule has 0 fully saturated rings. The van der Waals surface area contributed by atoms with E-state index in [4.69, 9.17) is 11.6 Å². The average molecular weight is 501 g/mol. The van der Waals surface area contributed by atoms with Crippen molar-refractivity contribution in [2.75, 3.05) is 0 Å². The monoisotopic (exact) mass is 500 g/mol. The summed E-state index contributed by atoms with van der Waals surface area (Å²) in [5.41, 5.74) is 0.373. The van der Waals surface area contributed by atoms with Gasteiger partial charge >= 0.3 is 0 Å². The quantitative estimate of drug-likeness (QED) is 0.433. The van der Waals surface area contributed by atoms with E-state index in [9.17, 15) is 19.2 Å². The van der Waals surface area contributed by atoms with Gasteiger partial charge in [-0.25, -0.2) is 0 Å². The molecule has 0 aliphatic carbocycles. The van der Waals surface area contributed by atoms with Crippen LogP contribution in [0.3, 0.4) is 0 Å². The third kappa shape index (κ3) is 9.48. The lowest BCUT2D eigenvalue weighted by Gasteiger charge is -2.25. The lowest BCUT2D eigenvalue weighted by Crippen LogP contribution is -2.56. The smallest absolute Gasteiger partial charge is 0.290 e. The van der Waals surface area contributed by atoms with Gasteiger partial charge in [0.1, 0.15) is 12.1 Å². The minimum Gasteiger partial charge on any atom is -0.345 e. The van der Waals surface area contributed by atoms with Gasteiger partial charge in [-0.2, -0.15) is 0 Å². The van der Waals surface area contributed by atoms with Gasteiger partial charge in [0, 0.05) is 24.4 Å². The highest BCUT2D eigenvalue weighted by atomic mass is 35.5. The molecule has 35 heavy (non-hydrogen) atoms. The van der Waals surface area contributed by atoms with Gasteiger partial charge < -0.3 is 16.0 Å². The fraction of sp³-hybridized carbons (Fsp3) is 0.423. The van der Waals surface area contributed by atoms with E-state index in [2.05, 4.69) is 20.9 Å². The zero-order valence-electron chi connectivity index (χ0n) is 20.7. The molecule has 0 spiro atoms. The molecule has 0 bridgehead atoms. The highest BCUT2D eigenvalue weighted by Gasteiger charge is 2.32. The molecule has 0 radical (unpaired) electrons. The predicted molar refractivity (Wildman–Crippen MR) is 135 cm³/mol. The van der Waals surface area contributed by atoms with Crippen LogP contribution in [0.5, 0.6) is 0 Å². The Bertz CT molecular complexity index is 1050. The third-order valence-corrected chi connectivity index (χ3v) is 5.13. The topological polar surface area (TPSA) is 117 Å². The van der Waals surface area contributed by atoms with E-state index in [1.807, 2.05) is 44.2 Å². The standard InChI is InChI=1S/C26H33ClN4O4/c1-16(2)11-21(30-23(33)18-13-19(27)15-28-14-18)24(34)29-20(12-17-9-7-6-8-10-17)22(32)25(35)31-26(3,4)5/h6-10,13-16,20-21H,11-12H2,1-5H3,(H,29,34)(H,30,33)(H,31,35)/t20?,21-/m0/s1. The molecule has 2 aromatic rings. The summed E-state index contributed by atoms with van der Waals surface area (Å²) >= 11 is 5.93. The number of hydrogen-bond donors (Lipinski definition) is 3. The van der Waals surface area contributed by atoms with Crippen molar-refractivity contribution in [3.8, 4) is 0 Å². The number of carbonyl (C=O) groups excluding carboxylic acids is 4.